The minimum Gasteiger partial charge on any atom is -0.482 e. The van der Waals surface area contributed by atoms with Crippen LogP contribution >= 0.6 is 27.9 Å². The van der Waals surface area contributed by atoms with E-state index in [1.807, 2.05) is 6.07 Å². The Morgan fingerprint density at radius 1 is 1.30 bits per heavy atom. The van der Waals surface area contributed by atoms with Crippen molar-refractivity contribution in [1.29, 1.82) is 0 Å². The average Bonchev–Trinajstić information content (AvgIpc) is 2.95. The third kappa shape index (κ3) is 3.08. The monoisotopic (exact) mass is 407 g/mol. The lowest BCUT2D eigenvalue weighted by Gasteiger charge is -2.40. The number of aromatic amines is 1. The van der Waals surface area contributed by atoms with Gasteiger partial charge in [0.1, 0.15) is 18.0 Å². The Morgan fingerprint density at radius 2 is 2.09 bits per heavy atom. The lowest BCUT2D eigenvalue weighted by molar-refractivity contribution is -0.272. The van der Waals surface area contributed by atoms with E-state index in [-0.39, 0.29) is 0 Å². The number of benzene rings is 1. The second-order valence-corrected chi connectivity index (χ2v) is 5.97. The van der Waals surface area contributed by atoms with Gasteiger partial charge in [0.2, 0.25) is 0 Å². The van der Waals surface area contributed by atoms with Gasteiger partial charge in [-0.2, -0.15) is 0 Å². The summed E-state index contributed by atoms with van der Waals surface area (Å²) in [5.74, 6) is 0.398. The van der Waals surface area contributed by atoms with Crippen LogP contribution in [0.3, 0.4) is 0 Å². The molecule has 0 bridgehead atoms. The number of aromatic nitrogens is 1. The zero-order valence-corrected chi connectivity index (χ0v) is 14.1. The van der Waals surface area contributed by atoms with E-state index in [4.69, 9.17) is 24.9 Å². The molecule has 23 heavy (non-hydrogen) atoms. The summed E-state index contributed by atoms with van der Waals surface area (Å²) in [7, 11) is 0. The fraction of sp³-hybridized carbons (Fsp3) is 0.429. The van der Waals surface area contributed by atoms with E-state index >= 15 is 0 Å². The Hall–Kier alpha value is -0.870. The van der Waals surface area contributed by atoms with E-state index < -0.39 is 37.3 Å². The van der Waals surface area contributed by atoms with Crippen molar-refractivity contribution in [1.82, 2.24) is 4.98 Å². The Bertz CT molecular complexity index is 682. The van der Waals surface area contributed by atoms with Crippen molar-refractivity contribution in [3.8, 4) is 5.75 Å². The number of H-pyrrole nitrogens is 1. The maximum atomic E-state index is 10.3. The molecule has 0 unspecified atom stereocenters. The number of halogens is 2. The van der Waals surface area contributed by atoms with Crippen LogP contribution < -0.4 is 4.74 Å². The quantitative estimate of drug-likeness (QED) is 0.609. The van der Waals surface area contributed by atoms with Crippen LogP contribution in [0.25, 0.3) is 10.9 Å². The molecule has 7 nitrogen and oxygen atoms in total. The number of hydrogen-bond acceptors (Lipinski definition) is 6. The summed E-state index contributed by atoms with van der Waals surface area (Å²) in [4.78, 5) is 3.02. The molecule has 2 aromatic rings. The predicted molar refractivity (Wildman–Crippen MR) is 85.5 cm³/mol. The van der Waals surface area contributed by atoms with E-state index in [9.17, 15) is 15.3 Å². The largest absolute Gasteiger partial charge is 0.482 e. The summed E-state index contributed by atoms with van der Waals surface area (Å²) in [5.41, 5.74) is 0.768. The van der Waals surface area contributed by atoms with Gasteiger partial charge < -0.3 is 29.8 Å². The van der Waals surface area contributed by atoms with Crippen molar-refractivity contribution >= 4 is 38.8 Å². The van der Waals surface area contributed by atoms with Crippen LogP contribution in [0, 0.1) is 0 Å². The highest BCUT2D eigenvalue weighted by Crippen LogP contribution is 2.35. The van der Waals surface area contributed by atoms with Crippen molar-refractivity contribution < 1.29 is 28.6 Å². The van der Waals surface area contributed by atoms with Crippen LogP contribution in [0.4, 0.5) is 0 Å². The molecular weight excluding hydrogens is 394 g/mol. The Labute approximate surface area is 145 Å². The summed E-state index contributed by atoms with van der Waals surface area (Å²) in [6, 6.07) is 5.34. The number of aliphatic hydroxyl groups is 3. The normalized spacial score (nSPS) is 31.4. The molecule has 0 aliphatic carbocycles. The van der Waals surface area contributed by atoms with Gasteiger partial charge in [-0.05, 0) is 12.1 Å². The second kappa shape index (κ2) is 6.94. The number of aliphatic hydroxyl groups excluding tert-OH is 3. The van der Waals surface area contributed by atoms with E-state index in [2.05, 4.69) is 21.2 Å². The third-order valence-corrected chi connectivity index (χ3v) is 4.55. The minimum absolute atomic E-state index is 0.398. The molecule has 1 aromatic heterocycles. The molecule has 5 atom stereocenters. The predicted octanol–water partition coefficient (Wildman–Crippen LogP) is 1.33. The van der Waals surface area contributed by atoms with Crippen LogP contribution in [0.1, 0.15) is 0 Å². The topological polar surface area (TPSA) is 104 Å². The first-order valence-corrected chi connectivity index (χ1v) is 7.91. The van der Waals surface area contributed by atoms with Crippen molar-refractivity contribution in [3.63, 3.8) is 0 Å². The highest BCUT2D eigenvalue weighted by molar-refractivity contribution is 9.06. The van der Waals surface area contributed by atoms with Crippen molar-refractivity contribution in [2.75, 3.05) is 6.61 Å². The lowest BCUT2D eigenvalue weighted by Crippen LogP contribution is -2.60. The molecule has 1 aromatic carbocycles. The van der Waals surface area contributed by atoms with Gasteiger partial charge in [-0.25, -0.2) is 0 Å². The molecule has 0 radical (unpaired) electrons. The lowest BCUT2D eigenvalue weighted by atomic mass is 9.99. The summed E-state index contributed by atoms with van der Waals surface area (Å²) in [6.07, 6.45) is -3.95. The summed E-state index contributed by atoms with van der Waals surface area (Å²) in [6.45, 7) is -0.471. The zero-order chi connectivity index (χ0) is 16.6. The molecule has 9 heteroatoms. The second-order valence-electron chi connectivity index (χ2n) is 5.19. The fourth-order valence-corrected chi connectivity index (χ4v) is 3.30. The highest BCUT2D eigenvalue weighted by Gasteiger charge is 2.47. The number of fused-ring (bicyclic) bond motifs is 1. The standard InChI is InChI=1S/C14H15BrClNO6/c15-23-13-12(11(19)9(5-18)22-14(13)20)21-8-4-17-7-3-1-2-6(16)10(7)8/h1-4,9,11-14,17-20H,5H2/t9-,11+,12+,13-,14+/m1/s1. The minimum atomic E-state index is -1.37. The molecule has 1 saturated heterocycles. The molecule has 1 fully saturated rings. The van der Waals surface area contributed by atoms with Crippen LogP contribution in [-0.2, 0) is 8.57 Å². The Kier molecular flexibility index (Phi) is 5.12. The van der Waals surface area contributed by atoms with Gasteiger partial charge in [0.25, 0.3) is 0 Å². The number of ether oxygens (including phenoxy) is 2. The van der Waals surface area contributed by atoms with Gasteiger partial charge >= 0.3 is 0 Å². The summed E-state index contributed by atoms with van der Waals surface area (Å²) >= 11 is 9.00. The first-order valence-electron chi connectivity index (χ1n) is 6.89. The van der Waals surface area contributed by atoms with E-state index in [1.165, 1.54) is 0 Å². The van der Waals surface area contributed by atoms with E-state index in [0.717, 1.165) is 5.52 Å². The smallest absolute Gasteiger partial charge is 0.186 e. The van der Waals surface area contributed by atoms with Gasteiger partial charge in [-0.1, -0.05) is 17.7 Å². The van der Waals surface area contributed by atoms with Gasteiger partial charge in [-0.3, -0.25) is 3.83 Å². The SMILES string of the molecule is OC[C@H]1O[C@H](O)[C@H](OBr)[C@@H](Oc2c[nH]c3cccc(Cl)c23)[C@H]1O. The molecule has 0 amide bonds. The summed E-state index contributed by atoms with van der Waals surface area (Å²) < 4.78 is 15.9. The number of hydrogen-bond donors (Lipinski definition) is 4. The zero-order valence-electron chi connectivity index (χ0n) is 11.7. The maximum Gasteiger partial charge on any atom is 0.186 e. The first kappa shape index (κ1) is 17.0. The van der Waals surface area contributed by atoms with Crippen LogP contribution in [0.15, 0.2) is 24.4 Å². The number of rotatable bonds is 4. The average molecular weight is 409 g/mol. The first-order chi connectivity index (χ1) is 11.1. The van der Waals surface area contributed by atoms with Crippen molar-refractivity contribution in [2.24, 2.45) is 0 Å². The summed E-state index contributed by atoms with van der Waals surface area (Å²) in [5, 5.41) is 30.7. The van der Waals surface area contributed by atoms with Gasteiger partial charge in [0, 0.05) is 6.20 Å². The van der Waals surface area contributed by atoms with Crippen LogP contribution in [-0.4, -0.2) is 57.6 Å². The van der Waals surface area contributed by atoms with Crippen molar-refractivity contribution in [3.05, 3.63) is 29.4 Å². The Morgan fingerprint density at radius 3 is 2.78 bits per heavy atom. The van der Waals surface area contributed by atoms with E-state index in [0.29, 0.717) is 16.2 Å². The molecule has 1 aliphatic rings. The van der Waals surface area contributed by atoms with Crippen LogP contribution in [0.2, 0.25) is 5.02 Å². The molecule has 1 aliphatic heterocycles. The van der Waals surface area contributed by atoms with Gasteiger partial charge in [0.05, 0.1) is 38.8 Å². The molecule has 0 spiro atoms. The molecular formula is C14H15BrClNO6. The molecule has 2 heterocycles. The van der Waals surface area contributed by atoms with E-state index in [1.54, 1.807) is 18.3 Å². The van der Waals surface area contributed by atoms with Crippen molar-refractivity contribution in [2.45, 2.75) is 30.7 Å². The third-order valence-electron chi connectivity index (χ3n) is 3.80. The maximum absolute atomic E-state index is 10.3. The highest BCUT2D eigenvalue weighted by atomic mass is 79.9. The van der Waals surface area contributed by atoms with Crippen LogP contribution in [0.5, 0.6) is 5.75 Å². The van der Waals surface area contributed by atoms with Gasteiger partial charge in [-0.15, -0.1) is 0 Å². The fourth-order valence-electron chi connectivity index (χ4n) is 2.64. The molecule has 0 saturated carbocycles. The van der Waals surface area contributed by atoms with Gasteiger partial charge in [0.15, 0.2) is 18.5 Å². The number of nitrogens with one attached hydrogen (secondary N) is 1. The molecule has 126 valence electrons. The molecule has 4 N–H and O–H groups in total. The Balaban J connectivity index is 1.94. The molecule has 3 rings (SSSR count).